The molecule has 1 aliphatic rings. The molecule has 0 aliphatic carbocycles. The van der Waals surface area contributed by atoms with Crippen LogP contribution < -0.4 is 10.2 Å². The van der Waals surface area contributed by atoms with E-state index >= 15 is 0 Å². The second-order valence-corrected chi connectivity index (χ2v) is 7.77. The Morgan fingerprint density at radius 3 is 2.24 bits per heavy atom. The molecular formula is C19H28ClN3O2. The van der Waals surface area contributed by atoms with E-state index in [2.05, 4.69) is 5.32 Å². The van der Waals surface area contributed by atoms with Gasteiger partial charge in [0, 0.05) is 50.4 Å². The van der Waals surface area contributed by atoms with Gasteiger partial charge in [-0.2, -0.15) is 0 Å². The number of benzene rings is 1. The Hall–Kier alpha value is -1.75. The van der Waals surface area contributed by atoms with E-state index in [0.717, 1.165) is 18.5 Å². The van der Waals surface area contributed by atoms with Gasteiger partial charge in [0.2, 0.25) is 5.91 Å². The fraction of sp³-hybridized carbons (Fsp3) is 0.579. The Morgan fingerprint density at radius 2 is 1.76 bits per heavy atom. The Morgan fingerprint density at radius 1 is 1.20 bits per heavy atom. The van der Waals surface area contributed by atoms with E-state index in [1.807, 2.05) is 62.0 Å². The van der Waals surface area contributed by atoms with E-state index in [1.54, 1.807) is 0 Å². The molecule has 25 heavy (non-hydrogen) atoms. The molecule has 0 spiro atoms. The summed E-state index contributed by atoms with van der Waals surface area (Å²) in [4.78, 5) is 28.7. The zero-order valence-electron chi connectivity index (χ0n) is 15.5. The lowest BCUT2D eigenvalue weighted by Crippen LogP contribution is -2.50. The van der Waals surface area contributed by atoms with Crippen molar-refractivity contribution in [1.29, 1.82) is 0 Å². The lowest BCUT2D eigenvalue weighted by atomic mass is 9.92. The first kappa shape index (κ1) is 19.6. The van der Waals surface area contributed by atoms with Crippen molar-refractivity contribution >= 4 is 29.1 Å². The van der Waals surface area contributed by atoms with Crippen molar-refractivity contribution in [3.63, 3.8) is 0 Å². The number of hydrogen-bond donors (Lipinski definition) is 1. The van der Waals surface area contributed by atoms with Crippen LogP contribution >= 0.6 is 11.6 Å². The predicted molar refractivity (Wildman–Crippen MR) is 102 cm³/mol. The first-order valence-corrected chi connectivity index (χ1v) is 9.21. The normalized spacial score (nSPS) is 15.8. The topological polar surface area (TPSA) is 52.7 Å². The summed E-state index contributed by atoms with van der Waals surface area (Å²) >= 11 is 5.90. The van der Waals surface area contributed by atoms with Crippen LogP contribution in [0.2, 0.25) is 0 Å². The fourth-order valence-corrected chi connectivity index (χ4v) is 3.01. The third-order valence-corrected chi connectivity index (χ3v) is 5.34. The average Bonchev–Trinajstić information content (AvgIpc) is 2.61. The van der Waals surface area contributed by atoms with Gasteiger partial charge in [0.05, 0.1) is 5.41 Å². The molecule has 1 N–H and O–H groups in total. The number of nitrogens with zero attached hydrogens (tertiary/aromatic N) is 2. The lowest BCUT2D eigenvalue weighted by molar-refractivity contribution is -0.140. The SMILES string of the molecule is CN(C)c1ccc(C(=O)NC2CCN(C(=O)C(C)(C)CCl)CC2)cc1. The summed E-state index contributed by atoms with van der Waals surface area (Å²) in [5.74, 6) is 0.341. The molecule has 6 heteroatoms. The van der Waals surface area contributed by atoms with E-state index in [0.29, 0.717) is 24.5 Å². The monoisotopic (exact) mass is 365 g/mol. The zero-order chi connectivity index (χ0) is 18.6. The highest BCUT2D eigenvalue weighted by molar-refractivity contribution is 6.19. The van der Waals surface area contributed by atoms with Crippen LogP contribution in [0.4, 0.5) is 5.69 Å². The highest BCUT2D eigenvalue weighted by atomic mass is 35.5. The zero-order valence-corrected chi connectivity index (χ0v) is 16.3. The number of carbonyl (C=O) groups excluding carboxylic acids is 2. The Kier molecular flexibility index (Phi) is 6.33. The van der Waals surface area contributed by atoms with Crippen LogP contribution in [-0.2, 0) is 4.79 Å². The summed E-state index contributed by atoms with van der Waals surface area (Å²) < 4.78 is 0. The van der Waals surface area contributed by atoms with Crippen LogP contribution in [0.3, 0.4) is 0 Å². The number of alkyl halides is 1. The number of rotatable bonds is 5. The summed E-state index contributed by atoms with van der Waals surface area (Å²) in [5, 5.41) is 3.08. The summed E-state index contributed by atoms with van der Waals surface area (Å²) in [7, 11) is 3.94. The lowest BCUT2D eigenvalue weighted by Gasteiger charge is -2.36. The molecule has 1 fully saturated rings. The van der Waals surface area contributed by atoms with Crippen LogP contribution in [0.15, 0.2) is 24.3 Å². The second-order valence-electron chi connectivity index (χ2n) is 7.50. The minimum Gasteiger partial charge on any atom is -0.378 e. The van der Waals surface area contributed by atoms with Crippen molar-refractivity contribution < 1.29 is 9.59 Å². The Bertz CT molecular complexity index is 606. The summed E-state index contributed by atoms with van der Waals surface area (Å²) in [5.41, 5.74) is 1.18. The van der Waals surface area contributed by atoms with E-state index < -0.39 is 5.41 Å². The van der Waals surface area contributed by atoms with Gasteiger partial charge in [0.25, 0.3) is 5.91 Å². The van der Waals surface area contributed by atoms with Gasteiger partial charge in [0.15, 0.2) is 0 Å². The molecule has 0 bridgehead atoms. The molecule has 0 radical (unpaired) electrons. The second kappa shape index (κ2) is 8.09. The Balaban J connectivity index is 1.87. The molecule has 2 amide bonds. The number of hydrogen-bond acceptors (Lipinski definition) is 3. The van der Waals surface area contributed by atoms with E-state index in [-0.39, 0.29) is 17.9 Å². The van der Waals surface area contributed by atoms with Crippen molar-refractivity contribution in [3.8, 4) is 0 Å². The van der Waals surface area contributed by atoms with Gasteiger partial charge in [-0.1, -0.05) is 0 Å². The van der Waals surface area contributed by atoms with Gasteiger partial charge in [-0.15, -0.1) is 11.6 Å². The predicted octanol–water partition coefficient (Wildman–Crippen LogP) is 2.74. The van der Waals surface area contributed by atoms with Gasteiger partial charge in [0.1, 0.15) is 0 Å². The molecule has 1 saturated heterocycles. The highest BCUT2D eigenvalue weighted by Crippen LogP contribution is 2.23. The standard InChI is InChI=1S/C19H28ClN3O2/c1-19(2,13-20)18(25)23-11-9-15(10-12-23)21-17(24)14-5-7-16(8-6-14)22(3)4/h5-8,15H,9-13H2,1-4H3,(H,21,24). The molecule has 0 aromatic heterocycles. The molecule has 0 saturated carbocycles. The van der Waals surface area contributed by atoms with Gasteiger partial charge in [-0.05, 0) is 51.0 Å². The number of likely N-dealkylation sites (tertiary alicyclic amines) is 1. The van der Waals surface area contributed by atoms with E-state index in [9.17, 15) is 9.59 Å². The molecule has 138 valence electrons. The van der Waals surface area contributed by atoms with Crippen molar-refractivity contribution in [2.45, 2.75) is 32.7 Å². The van der Waals surface area contributed by atoms with Gasteiger partial charge < -0.3 is 15.1 Å². The average molecular weight is 366 g/mol. The molecule has 1 aromatic rings. The molecule has 1 aliphatic heterocycles. The van der Waals surface area contributed by atoms with E-state index in [1.165, 1.54) is 0 Å². The summed E-state index contributed by atoms with van der Waals surface area (Å²) in [6.45, 7) is 5.05. The largest absolute Gasteiger partial charge is 0.378 e. The van der Waals surface area contributed by atoms with Crippen molar-refractivity contribution in [2.75, 3.05) is 38.0 Å². The number of carbonyl (C=O) groups is 2. The Labute approximate surface area is 155 Å². The molecule has 0 atom stereocenters. The van der Waals surface area contributed by atoms with Crippen molar-refractivity contribution in [3.05, 3.63) is 29.8 Å². The number of amides is 2. The van der Waals surface area contributed by atoms with Crippen LogP contribution in [-0.4, -0.2) is 55.8 Å². The summed E-state index contributed by atoms with van der Waals surface area (Å²) in [6.07, 6.45) is 1.54. The highest BCUT2D eigenvalue weighted by Gasteiger charge is 2.33. The van der Waals surface area contributed by atoms with Gasteiger partial charge >= 0.3 is 0 Å². The maximum atomic E-state index is 12.4. The van der Waals surface area contributed by atoms with Crippen molar-refractivity contribution in [2.24, 2.45) is 5.41 Å². The minimum atomic E-state index is -0.536. The first-order chi connectivity index (χ1) is 11.7. The van der Waals surface area contributed by atoms with Crippen LogP contribution in [0.1, 0.15) is 37.0 Å². The maximum absolute atomic E-state index is 12.4. The van der Waals surface area contributed by atoms with Crippen LogP contribution in [0.5, 0.6) is 0 Å². The minimum absolute atomic E-state index is 0.0591. The molecule has 5 nitrogen and oxygen atoms in total. The third kappa shape index (κ3) is 4.88. The number of anilines is 1. The first-order valence-electron chi connectivity index (χ1n) is 8.68. The third-order valence-electron chi connectivity index (χ3n) is 4.68. The van der Waals surface area contributed by atoms with E-state index in [4.69, 9.17) is 11.6 Å². The van der Waals surface area contributed by atoms with Crippen molar-refractivity contribution in [1.82, 2.24) is 10.2 Å². The number of halogens is 1. The fourth-order valence-electron chi connectivity index (χ4n) is 2.89. The molecule has 2 rings (SSSR count). The number of nitrogens with one attached hydrogen (secondary N) is 1. The number of piperidine rings is 1. The van der Waals surface area contributed by atoms with Gasteiger partial charge in [-0.25, -0.2) is 0 Å². The molecule has 0 unspecified atom stereocenters. The summed E-state index contributed by atoms with van der Waals surface area (Å²) in [6, 6.07) is 7.65. The van der Waals surface area contributed by atoms with Crippen LogP contribution in [0, 0.1) is 5.41 Å². The molecule has 1 heterocycles. The smallest absolute Gasteiger partial charge is 0.251 e. The van der Waals surface area contributed by atoms with Gasteiger partial charge in [-0.3, -0.25) is 9.59 Å². The maximum Gasteiger partial charge on any atom is 0.251 e. The quantitative estimate of drug-likeness (QED) is 0.816. The molecular weight excluding hydrogens is 338 g/mol. The van der Waals surface area contributed by atoms with Crippen LogP contribution in [0.25, 0.3) is 0 Å². The molecule has 1 aromatic carbocycles.